The first-order chi connectivity index (χ1) is 27.0. The summed E-state index contributed by atoms with van der Waals surface area (Å²) in [5.41, 5.74) is 9.62. The van der Waals surface area contributed by atoms with Crippen molar-refractivity contribution in [2.24, 2.45) is 0 Å². The average molecular weight is 723 g/mol. The summed E-state index contributed by atoms with van der Waals surface area (Å²) in [6, 6.07) is 74.2. The van der Waals surface area contributed by atoms with Crippen molar-refractivity contribution in [2.45, 2.75) is 25.8 Å². The quantitative estimate of drug-likeness (QED) is 0.119. The number of benzene rings is 8. The van der Waals surface area contributed by atoms with Crippen molar-refractivity contribution in [1.29, 1.82) is 0 Å². The lowest BCUT2D eigenvalue weighted by Gasteiger charge is -2.45. The highest BCUT2D eigenvalue weighted by molar-refractivity contribution is 7.14. The Labute approximate surface area is 323 Å². The van der Waals surface area contributed by atoms with Gasteiger partial charge in [0.25, 0.3) is 0 Å². The molecule has 2 heterocycles. The molecule has 0 saturated heterocycles. The monoisotopic (exact) mass is 722 g/mol. The van der Waals surface area contributed by atoms with Gasteiger partial charge in [-0.25, -0.2) is 0 Å². The van der Waals surface area contributed by atoms with Crippen LogP contribution in [-0.4, -0.2) is 17.2 Å². The first-order valence-corrected chi connectivity index (χ1v) is 21.3. The highest BCUT2D eigenvalue weighted by atomic mass is 28.3. The van der Waals surface area contributed by atoms with E-state index in [1.54, 1.807) is 0 Å². The van der Waals surface area contributed by atoms with E-state index in [1.807, 2.05) is 0 Å². The molecule has 2 nitrogen and oxygen atoms in total. The molecule has 0 unspecified atom stereocenters. The van der Waals surface area contributed by atoms with Crippen LogP contribution in [0.4, 0.5) is 0 Å². The zero-order valence-corrected chi connectivity index (χ0v) is 32.4. The second kappa shape index (κ2) is 12.9. The molecule has 0 spiro atoms. The third-order valence-electron chi connectivity index (χ3n) is 11.8. The standard InChI is InChI=1S/C52H42N2Si/c1-52(2,3)55(40-24-9-5-10-25-40,41-26-11-6-12-27-41)49-35-19-34-48-51(49)43-29-14-16-31-45(43)54(48)47-33-18-32-46-50(47)42-28-13-15-30-44(42)53(46)39-23-17-22-38(36-39)37-20-7-4-8-21-37/h4-36H,1-3H3. The third kappa shape index (κ3) is 5.00. The van der Waals surface area contributed by atoms with Crippen molar-refractivity contribution in [2.75, 3.05) is 0 Å². The lowest BCUT2D eigenvalue weighted by molar-refractivity contribution is 0.740. The number of nitrogens with zero attached hydrogens (tertiary/aromatic N) is 2. The van der Waals surface area contributed by atoms with Crippen LogP contribution in [0.15, 0.2) is 200 Å². The fraction of sp³-hybridized carbons (Fsp3) is 0.0769. The fourth-order valence-corrected chi connectivity index (χ4v) is 15.5. The van der Waals surface area contributed by atoms with Crippen molar-refractivity contribution in [1.82, 2.24) is 9.13 Å². The lowest BCUT2D eigenvalue weighted by atomic mass is 10.1. The predicted octanol–water partition coefficient (Wildman–Crippen LogP) is 11.8. The summed E-state index contributed by atoms with van der Waals surface area (Å²) < 4.78 is 4.99. The Morgan fingerprint density at radius 2 is 0.855 bits per heavy atom. The van der Waals surface area contributed by atoms with Crippen LogP contribution in [0, 0.1) is 0 Å². The van der Waals surface area contributed by atoms with E-state index in [9.17, 15) is 0 Å². The minimum Gasteiger partial charge on any atom is -0.309 e. The number of rotatable bonds is 6. The van der Waals surface area contributed by atoms with Crippen LogP contribution >= 0.6 is 0 Å². The molecule has 2 aromatic heterocycles. The van der Waals surface area contributed by atoms with Crippen LogP contribution in [0.5, 0.6) is 0 Å². The highest BCUT2D eigenvalue weighted by Crippen LogP contribution is 2.42. The van der Waals surface area contributed by atoms with Crippen molar-refractivity contribution >= 4 is 67.2 Å². The van der Waals surface area contributed by atoms with E-state index in [4.69, 9.17) is 0 Å². The number of hydrogen-bond acceptors (Lipinski definition) is 0. The van der Waals surface area contributed by atoms with Gasteiger partial charge in [-0.15, -0.1) is 0 Å². The Hall–Kier alpha value is -6.42. The second-order valence-electron chi connectivity index (χ2n) is 15.7. The van der Waals surface area contributed by atoms with Crippen LogP contribution < -0.4 is 15.6 Å². The van der Waals surface area contributed by atoms with Crippen LogP contribution in [0.25, 0.3) is 66.1 Å². The molecule has 0 fully saturated rings. The molecule has 0 saturated carbocycles. The number of para-hydroxylation sites is 2. The molecule has 0 atom stereocenters. The van der Waals surface area contributed by atoms with Gasteiger partial charge in [-0.2, -0.15) is 0 Å². The van der Waals surface area contributed by atoms with Crippen LogP contribution in [0.2, 0.25) is 5.04 Å². The lowest BCUT2D eigenvalue weighted by Crippen LogP contribution is -2.72. The number of aromatic nitrogens is 2. The SMILES string of the molecule is CC(C)(C)[Si](c1ccccc1)(c1ccccc1)c1cccc2c1c1ccccc1n2-c1cccc2c1c1ccccc1n2-c1cccc(-c2ccccc2)c1. The minimum absolute atomic E-state index is 0.0467. The summed E-state index contributed by atoms with van der Waals surface area (Å²) in [6.07, 6.45) is 0. The van der Waals surface area contributed by atoms with Crippen molar-refractivity contribution in [3.05, 3.63) is 200 Å². The first kappa shape index (κ1) is 33.2. The van der Waals surface area contributed by atoms with E-state index in [-0.39, 0.29) is 5.04 Å². The maximum absolute atomic E-state index is 2.68. The molecule has 0 aliphatic heterocycles. The van der Waals surface area contributed by atoms with Gasteiger partial charge in [0.15, 0.2) is 8.07 Å². The minimum atomic E-state index is -2.68. The first-order valence-electron chi connectivity index (χ1n) is 19.3. The number of fused-ring (bicyclic) bond motifs is 6. The Kier molecular flexibility index (Phi) is 7.76. The summed E-state index contributed by atoms with van der Waals surface area (Å²) in [6.45, 7) is 7.37. The molecule has 8 aromatic carbocycles. The Morgan fingerprint density at radius 1 is 0.382 bits per heavy atom. The maximum atomic E-state index is 2.55. The molecule has 10 rings (SSSR count). The van der Waals surface area contributed by atoms with E-state index >= 15 is 0 Å². The predicted molar refractivity (Wildman–Crippen MR) is 238 cm³/mol. The van der Waals surface area contributed by atoms with Gasteiger partial charge in [0.1, 0.15) is 0 Å². The molecular formula is C52H42N2Si. The molecule has 264 valence electrons. The molecule has 10 aromatic rings. The zero-order chi connectivity index (χ0) is 37.1. The molecule has 55 heavy (non-hydrogen) atoms. The van der Waals surface area contributed by atoms with Crippen LogP contribution in [-0.2, 0) is 0 Å². The van der Waals surface area contributed by atoms with Gasteiger partial charge in [0, 0.05) is 27.2 Å². The van der Waals surface area contributed by atoms with Gasteiger partial charge in [-0.3, -0.25) is 0 Å². The second-order valence-corrected chi connectivity index (χ2v) is 20.4. The maximum Gasteiger partial charge on any atom is 0.154 e. The van der Waals surface area contributed by atoms with E-state index in [1.165, 1.54) is 76.0 Å². The summed E-state index contributed by atoms with van der Waals surface area (Å²) in [4.78, 5) is 0. The van der Waals surface area contributed by atoms with Crippen molar-refractivity contribution < 1.29 is 0 Å². The fourth-order valence-electron chi connectivity index (χ4n) is 9.64. The topological polar surface area (TPSA) is 9.86 Å². The zero-order valence-electron chi connectivity index (χ0n) is 31.4. The molecule has 0 N–H and O–H groups in total. The summed E-state index contributed by atoms with van der Waals surface area (Å²) in [5.74, 6) is 0. The normalized spacial score (nSPS) is 12.3. The van der Waals surface area contributed by atoms with Crippen LogP contribution in [0.1, 0.15) is 20.8 Å². The van der Waals surface area contributed by atoms with E-state index in [0.717, 1.165) is 5.69 Å². The largest absolute Gasteiger partial charge is 0.309 e. The van der Waals surface area contributed by atoms with E-state index < -0.39 is 8.07 Å². The average Bonchev–Trinajstić information content (AvgIpc) is 3.75. The molecule has 0 aliphatic rings. The summed E-state index contributed by atoms with van der Waals surface area (Å²) in [7, 11) is -2.68. The van der Waals surface area contributed by atoms with E-state index in [2.05, 4.69) is 230 Å². The molecule has 0 aliphatic carbocycles. The summed E-state index contributed by atoms with van der Waals surface area (Å²) >= 11 is 0. The Morgan fingerprint density at radius 3 is 1.49 bits per heavy atom. The van der Waals surface area contributed by atoms with Gasteiger partial charge < -0.3 is 9.13 Å². The highest BCUT2D eigenvalue weighted by Gasteiger charge is 2.50. The Bertz CT molecular complexity index is 2960. The molecule has 3 heteroatoms. The third-order valence-corrected chi connectivity index (χ3v) is 17.6. The van der Waals surface area contributed by atoms with Crippen molar-refractivity contribution in [3.63, 3.8) is 0 Å². The van der Waals surface area contributed by atoms with Gasteiger partial charge in [-0.1, -0.05) is 178 Å². The molecule has 0 radical (unpaired) electrons. The van der Waals surface area contributed by atoms with Gasteiger partial charge in [-0.05, 0) is 74.2 Å². The van der Waals surface area contributed by atoms with Crippen molar-refractivity contribution in [3.8, 4) is 22.5 Å². The van der Waals surface area contributed by atoms with E-state index in [0.29, 0.717) is 0 Å². The van der Waals surface area contributed by atoms with Gasteiger partial charge in [0.2, 0.25) is 0 Å². The van der Waals surface area contributed by atoms with Gasteiger partial charge in [0.05, 0.1) is 27.8 Å². The molecular weight excluding hydrogens is 681 g/mol. The number of hydrogen-bond donors (Lipinski definition) is 0. The summed E-state index contributed by atoms with van der Waals surface area (Å²) in [5, 5.41) is 9.41. The van der Waals surface area contributed by atoms with Gasteiger partial charge >= 0.3 is 0 Å². The molecule has 0 bridgehead atoms. The van der Waals surface area contributed by atoms with Crippen LogP contribution in [0.3, 0.4) is 0 Å². The smallest absolute Gasteiger partial charge is 0.154 e. The molecule has 0 amide bonds. The Balaban J connectivity index is 1.31.